The molecule has 136 valence electrons. The van der Waals surface area contributed by atoms with E-state index >= 15 is 0 Å². The van der Waals surface area contributed by atoms with Crippen LogP contribution in [0.1, 0.15) is 16.8 Å². The summed E-state index contributed by atoms with van der Waals surface area (Å²) < 4.78 is 0. The number of hydrogen-bond acceptors (Lipinski definition) is 3. The first-order valence-electron chi connectivity index (χ1n) is 9.24. The van der Waals surface area contributed by atoms with Crippen molar-refractivity contribution in [2.45, 2.75) is 19.5 Å². The second kappa shape index (κ2) is 8.06. The number of aromatic amines is 1. The summed E-state index contributed by atoms with van der Waals surface area (Å²) in [6, 6.07) is 21.9. The summed E-state index contributed by atoms with van der Waals surface area (Å²) in [4.78, 5) is 10.1. The zero-order chi connectivity index (χ0) is 18.5. The van der Waals surface area contributed by atoms with E-state index in [0.717, 1.165) is 30.8 Å². The summed E-state index contributed by atoms with van der Waals surface area (Å²) in [7, 11) is 0. The van der Waals surface area contributed by atoms with Crippen LogP contribution in [-0.4, -0.2) is 26.5 Å². The number of phenolic OH excluding ortho intramolecular Hbond substituents is 1. The lowest BCUT2D eigenvalue weighted by Crippen LogP contribution is -2.25. The van der Waals surface area contributed by atoms with E-state index in [-0.39, 0.29) is 0 Å². The first-order valence-corrected chi connectivity index (χ1v) is 9.24. The zero-order valence-corrected chi connectivity index (χ0v) is 15.2. The van der Waals surface area contributed by atoms with Gasteiger partial charge in [0, 0.05) is 48.5 Å². The normalized spacial score (nSPS) is 11.3. The molecular formula is C23H23N3O. The minimum absolute atomic E-state index is 0.343. The Morgan fingerprint density at radius 2 is 1.67 bits per heavy atom. The van der Waals surface area contributed by atoms with Gasteiger partial charge in [-0.2, -0.15) is 0 Å². The highest BCUT2D eigenvalue weighted by Crippen LogP contribution is 2.21. The van der Waals surface area contributed by atoms with Crippen molar-refractivity contribution >= 4 is 10.9 Å². The van der Waals surface area contributed by atoms with Crippen LogP contribution < -0.4 is 0 Å². The van der Waals surface area contributed by atoms with Crippen LogP contribution in [0, 0.1) is 0 Å². The number of aromatic nitrogens is 2. The SMILES string of the molecule is Oc1ccccc1CN(CCc1c[nH]c2ccccc12)Cc1ccccn1. The molecule has 0 radical (unpaired) electrons. The van der Waals surface area contributed by atoms with Gasteiger partial charge in [0.15, 0.2) is 0 Å². The molecule has 0 unspecified atom stereocenters. The maximum atomic E-state index is 10.2. The Morgan fingerprint density at radius 1 is 0.852 bits per heavy atom. The largest absolute Gasteiger partial charge is 0.508 e. The van der Waals surface area contributed by atoms with Crippen molar-refractivity contribution in [1.82, 2.24) is 14.9 Å². The first kappa shape index (κ1) is 17.3. The van der Waals surface area contributed by atoms with Crippen LogP contribution in [0.15, 0.2) is 79.1 Å². The average Bonchev–Trinajstić information content (AvgIpc) is 3.12. The third-order valence-electron chi connectivity index (χ3n) is 4.87. The van der Waals surface area contributed by atoms with Crippen molar-refractivity contribution in [2.75, 3.05) is 6.54 Å². The van der Waals surface area contributed by atoms with Gasteiger partial charge in [0.05, 0.1) is 5.69 Å². The van der Waals surface area contributed by atoms with E-state index in [0.29, 0.717) is 12.3 Å². The molecule has 0 saturated carbocycles. The molecule has 0 aliphatic rings. The highest BCUT2D eigenvalue weighted by atomic mass is 16.3. The van der Waals surface area contributed by atoms with Gasteiger partial charge >= 0.3 is 0 Å². The molecule has 0 atom stereocenters. The molecule has 0 bridgehead atoms. The van der Waals surface area contributed by atoms with Crippen LogP contribution in [0.4, 0.5) is 0 Å². The molecule has 2 N–H and O–H groups in total. The molecule has 2 heterocycles. The summed E-state index contributed by atoms with van der Waals surface area (Å²) in [5.74, 6) is 0.343. The highest BCUT2D eigenvalue weighted by molar-refractivity contribution is 5.83. The molecule has 4 rings (SSSR count). The van der Waals surface area contributed by atoms with Gasteiger partial charge in [0.1, 0.15) is 5.75 Å². The second-order valence-corrected chi connectivity index (χ2v) is 6.77. The minimum atomic E-state index is 0.343. The molecule has 0 saturated heterocycles. The Balaban J connectivity index is 1.52. The van der Waals surface area contributed by atoms with E-state index in [1.165, 1.54) is 16.5 Å². The molecule has 27 heavy (non-hydrogen) atoms. The van der Waals surface area contributed by atoms with Crippen LogP contribution in [0.3, 0.4) is 0 Å². The lowest BCUT2D eigenvalue weighted by Gasteiger charge is -2.22. The number of H-pyrrole nitrogens is 1. The number of fused-ring (bicyclic) bond motifs is 1. The summed E-state index contributed by atoms with van der Waals surface area (Å²) >= 11 is 0. The Morgan fingerprint density at radius 3 is 2.52 bits per heavy atom. The third-order valence-corrected chi connectivity index (χ3v) is 4.87. The number of hydrogen-bond donors (Lipinski definition) is 2. The number of nitrogens with zero attached hydrogens (tertiary/aromatic N) is 2. The van der Waals surface area contributed by atoms with Gasteiger partial charge in [-0.25, -0.2) is 0 Å². The molecule has 0 aliphatic heterocycles. The molecule has 4 nitrogen and oxygen atoms in total. The summed E-state index contributed by atoms with van der Waals surface area (Å²) in [6.45, 7) is 2.32. The number of aromatic hydroxyl groups is 1. The molecule has 0 fully saturated rings. The van der Waals surface area contributed by atoms with Crippen molar-refractivity contribution in [3.8, 4) is 5.75 Å². The molecule has 0 amide bonds. The standard InChI is InChI=1S/C23H23N3O/c27-23-11-4-1-7-19(23)16-26(17-20-8-5-6-13-24-20)14-12-18-15-25-22-10-3-2-9-21(18)22/h1-11,13,15,25,27H,12,14,16-17H2. The minimum Gasteiger partial charge on any atom is -0.508 e. The number of benzene rings is 2. The van der Waals surface area contributed by atoms with Crippen LogP contribution in [0.25, 0.3) is 10.9 Å². The van der Waals surface area contributed by atoms with Crippen molar-refractivity contribution in [3.05, 3.63) is 95.9 Å². The van der Waals surface area contributed by atoms with E-state index in [2.05, 4.69) is 39.3 Å². The predicted molar refractivity (Wildman–Crippen MR) is 108 cm³/mol. The second-order valence-electron chi connectivity index (χ2n) is 6.77. The van der Waals surface area contributed by atoms with Crippen LogP contribution >= 0.6 is 0 Å². The summed E-state index contributed by atoms with van der Waals surface area (Å²) in [6.07, 6.45) is 4.86. The van der Waals surface area contributed by atoms with E-state index in [9.17, 15) is 5.11 Å². The van der Waals surface area contributed by atoms with Gasteiger partial charge in [0.25, 0.3) is 0 Å². The number of pyridine rings is 1. The van der Waals surface area contributed by atoms with E-state index in [4.69, 9.17) is 0 Å². The highest BCUT2D eigenvalue weighted by Gasteiger charge is 2.12. The molecule has 2 aromatic heterocycles. The lowest BCUT2D eigenvalue weighted by atomic mass is 10.1. The third kappa shape index (κ3) is 4.18. The van der Waals surface area contributed by atoms with E-state index < -0.39 is 0 Å². The van der Waals surface area contributed by atoms with Gasteiger partial charge in [-0.15, -0.1) is 0 Å². The van der Waals surface area contributed by atoms with Crippen LogP contribution in [0.2, 0.25) is 0 Å². The summed E-state index contributed by atoms with van der Waals surface area (Å²) in [5, 5.41) is 11.4. The summed E-state index contributed by atoms with van der Waals surface area (Å²) in [5.41, 5.74) is 4.46. The number of nitrogens with one attached hydrogen (secondary N) is 1. The Kier molecular flexibility index (Phi) is 5.17. The fraction of sp³-hybridized carbons (Fsp3) is 0.174. The zero-order valence-electron chi connectivity index (χ0n) is 15.2. The average molecular weight is 357 g/mol. The quantitative estimate of drug-likeness (QED) is 0.511. The number of phenols is 1. The lowest BCUT2D eigenvalue weighted by molar-refractivity contribution is 0.253. The Hall–Kier alpha value is -3.11. The van der Waals surface area contributed by atoms with Crippen molar-refractivity contribution in [1.29, 1.82) is 0 Å². The van der Waals surface area contributed by atoms with Gasteiger partial charge in [-0.05, 0) is 36.2 Å². The fourth-order valence-corrected chi connectivity index (χ4v) is 3.44. The molecule has 0 aliphatic carbocycles. The molecule has 4 aromatic rings. The van der Waals surface area contributed by atoms with Crippen LogP contribution in [0.5, 0.6) is 5.75 Å². The maximum absolute atomic E-state index is 10.2. The first-order chi connectivity index (χ1) is 13.3. The smallest absolute Gasteiger partial charge is 0.120 e. The Labute approximate surface area is 159 Å². The number of para-hydroxylation sites is 2. The monoisotopic (exact) mass is 357 g/mol. The predicted octanol–water partition coefficient (Wildman–Crippen LogP) is 4.51. The maximum Gasteiger partial charge on any atom is 0.120 e. The van der Waals surface area contributed by atoms with Crippen molar-refractivity contribution < 1.29 is 5.11 Å². The van der Waals surface area contributed by atoms with E-state index in [1.54, 1.807) is 6.07 Å². The number of rotatable bonds is 7. The van der Waals surface area contributed by atoms with Gasteiger partial charge in [0.2, 0.25) is 0 Å². The molecule has 4 heteroatoms. The van der Waals surface area contributed by atoms with Crippen molar-refractivity contribution in [3.63, 3.8) is 0 Å². The molecule has 0 spiro atoms. The fourth-order valence-electron chi connectivity index (χ4n) is 3.44. The van der Waals surface area contributed by atoms with E-state index in [1.807, 2.05) is 48.7 Å². The van der Waals surface area contributed by atoms with Crippen molar-refractivity contribution in [2.24, 2.45) is 0 Å². The van der Waals surface area contributed by atoms with Crippen LogP contribution in [-0.2, 0) is 19.5 Å². The molecule has 2 aromatic carbocycles. The Bertz CT molecular complexity index is 1010. The topological polar surface area (TPSA) is 52.1 Å². The van der Waals surface area contributed by atoms with Gasteiger partial charge < -0.3 is 10.1 Å². The van der Waals surface area contributed by atoms with Gasteiger partial charge in [-0.3, -0.25) is 9.88 Å². The van der Waals surface area contributed by atoms with Gasteiger partial charge in [-0.1, -0.05) is 42.5 Å². The molecular weight excluding hydrogens is 334 g/mol.